The van der Waals surface area contributed by atoms with Crippen LogP contribution in [0.5, 0.6) is 0 Å². The van der Waals surface area contributed by atoms with Crippen LogP contribution in [0.1, 0.15) is 0 Å². The van der Waals surface area contributed by atoms with Gasteiger partial charge in [-0.25, -0.2) is 9.97 Å². The fourth-order valence-electron chi connectivity index (χ4n) is 7.85. The van der Waals surface area contributed by atoms with Crippen molar-refractivity contribution in [1.29, 1.82) is 0 Å². The number of para-hydroxylation sites is 3. The molecule has 0 bridgehead atoms. The Morgan fingerprint density at radius 1 is 0.392 bits per heavy atom. The summed E-state index contributed by atoms with van der Waals surface area (Å²) in [5, 5.41) is 5.97. The van der Waals surface area contributed by atoms with E-state index >= 15 is 0 Å². The molecule has 0 N–H and O–H groups in total. The van der Waals surface area contributed by atoms with Crippen LogP contribution >= 0.6 is 11.3 Å². The Morgan fingerprint density at radius 2 is 0.980 bits per heavy atom. The van der Waals surface area contributed by atoms with Gasteiger partial charge in [-0.15, -0.1) is 11.3 Å². The van der Waals surface area contributed by atoms with E-state index in [9.17, 15) is 0 Å². The summed E-state index contributed by atoms with van der Waals surface area (Å²) in [5.41, 5.74) is 11.0. The molecule has 0 aliphatic carbocycles. The molecule has 51 heavy (non-hydrogen) atoms. The van der Waals surface area contributed by atoms with Gasteiger partial charge >= 0.3 is 0 Å². The molecule has 11 aromatic rings. The third kappa shape index (κ3) is 4.25. The number of rotatable bonds is 4. The van der Waals surface area contributed by atoms with Gasteiger partial charge in [0.15, 0.2) is 0 Å². The van der Waals surface area contributed by atoms with Crippen LogP contribution in [0, 0.1) is 0 Å². The minimum absolute atomic E-state index is 0.666. The zero-order valence-corrected chi connectivity index (χ0v) is 28.2. The lowest BCUT2D eigenvalue weighted by molar-refractivity contribution is 1.02. The Bertz CT molecular complexity index is 3130. The minimum Gasteiger partial charge on any atom is -0.309 e. The first-order chi connectivity index (χ1) is 25.3. The summed E-state index contributed by atoms with van der Waals surface area (Å²) in [4.78, 5) is 10.9. The lowest BCUT2D eigenvalue weighted by atomic mass is 10.0. The minimum atomic E-state index is 0.666. The highest BCUT2D eigenvalue weighted by molar-refractivity contribution is 7.26. The molecule has 11 rings (SSSR count). The molecule has 0 unspecified atom stereocenters. The summed E-state index contributed by atoms with van der Waals surface area (Å²) in [6, 6.07) is 60.6. The van der Waals surface area contributed by atoms with Gasteiger partial charge in [-0.1, -0.05) is 121 Å². The SMILES string of the molecule is c1ccc(-c2cccc(-c3nc(-n4c5ccccc5c5cc6c7ccccc7n(-c7ccccc7)c6cc54)nc4c3sc3ccccc34)c2)cc1. The summed E-state index contributed by atoms with van der Waals surface area (Å²) < 4.78 is 6.95. The summed E-state index contributed by atoms with van der Waals surface area (Å²) in [6.45, 7) is 0. The third-order valence-corrected chi connectivity index (χ3v) is 11.3. The summed E-state index contributed by atoms with van der Waals surface area (Å²) in [6.07, 6.45) is 0. The molecule has 0 saturated heterocycles. The van der Waals surface area contributed by atoms with Crippen LogP contribution < -0.4 is 0 Å². The predicted molar refractivity (Wildman–Crippen MR) is 214 cm³/mol. The average molecular weight is 669 g/mol. The quantitative estimate of drug-likeness (QED) is 0.187. The molecule has 0 aliphatic rings. The van der Waals surface area contributed by atoms with Crippen molar-refractivity contribution in [1.82, 2.24) is 19.1 Å². The van der Waals surface area contributed by atoms with E-state index in [2.05, 4.69) is 179 Å². The van der Waals surface area contributed by atoms with E-state index in [0.29, 0.717) is 5.95 Å². The molecule has 0 spiro atoms. The molecule has 0 saturated carbocycles. The Morgan fingerprint density at radius 3 is 1.75 bits per heavy atom. The predicted octanol–water partition coefficient (Wildman–Crippen LogP) is 12.4. The number of thiophene rings is 1. The van der Waals surface area contributed by atoms with Crippen molar-refractivity contribution in [3.05, 3.63) is 170 Å². The second-order valence-electron chi connectivity index (χ2n) is 13.0. The molecule has 0 amide bonds. The highest BCUT2D eigenvalue weighted by Gasteiger charge is 2.22. The molecule has 4 nitrogen and oxygen atoms in total. The van der Waals surface area contributed by atoms with Crippen LogP contribution in [0.15, 0.2) is 170 Å². The lowest BCUT2D eigenvalue weighted by Gasteiger charge is -2.12. The highest BCUT2D eigenvalue weighted by Crippen LogP contribution is 2.42. The van der Waals surface area contributed by atoms with Gasteiger partial charge in [0, 0.05) is 42.9 Å². The summed E-state index contributed by atoms with van der Waals surface area (Å²) in [7, 11) is 0. The molecule has 238 valence electrons. The van der Waals surface area contributed by atoms with Crippen molar-refractivity contribution >= 4 is 75.3 Å². The van der Waals surface area contributed by atoms with E-state index in [1.54, 1.807) is 11.3 Å². The molecule has 0 fully saturated rings. The van der Waals surface area contributed by atoms with Gasteiger partial charge in [0.05, 0.1) is 38.0 Å². The molecule has 0 atom stereocenters. The van der Waals surface area contributed by atoms with Gasteiger partial charge in [-0.05, 0) is 59.7 Å². The second kappa shape index (κ2) is 11.0. The van der Waals surface area contributed by atoms with E-state index in [4.69, 9.17) is 9.97 Å². The van der Waals surface area contributed by atoms with Crippen molar-refractivity contribution in [3.8, 4) is 34.0 Å². The Kier molecular flexibility index (Phi) is 6.09. The Hall–Kier alpha value is -6.56. The Balaban J connectivity index is 1.25. The number of fused-ring (bicyclic) bond motifs is 9. The van der Waals surface area contributed by atoms with E-state index < -0.39 is 0 Å². The maximum absolute atomic E-state index is 5.50. The molecule has 4 heterocycles. The fraction of sp³-hybridized carbons (Fsp3) is 0. The molecular formula is C46H28N4S. The average Bonchev–Trinajstić information content (AvgIpc) is 3.85. The zero-order chi connectivity index (χ0) is 33.5. The third-order valence-electron chi connectivity index (χ3n) is 10.1. The number of hydrogen-bond donors (Lipinski definition) is 0. The first-order valence-corrected chi connectivity index (χ1v) is 18.0. The molecule has 0 aliphatic heterocycles. The topological polar surface area (TPSA) is 35.6 Å². The van der Waals surface area contributed by atoms with E-state index in [0.717, 1.165) is 54.7 Å². The summed E-state index contributed by atoms with van der Waals surface area (Å²) in [5.74, 6) is 0.666. The maximum Gasteiger partial charge on any atom is 0.235 e. The van der Waals surface area contributed by atoms with Gasteiger partial charge in [0.2, 0.25) is 5.95 Å². The van der Waals surface area contributed by atoms with Crippen molar-refractivity contribution in [3.63, 3.8) is 0 Å². The van der Waals surface area contributed by atoms with Gasteiger partial charge in [0.25, 0.3) is 0 Å². The van der Waals surface area contributed by atoms with Crippen molar-refractivity contribution in [2.24, 2.45) is 0 Å². The fourth-order valence-corrected chi connectivity index (χ4v) is 9.01. The van der Waals surface area contributed by atoms with Crippen LogP contribution in [-0.4, -0.2) is 19.1 Å². The molecule has 4 aromatic heterocycles. The molecule has 0 radical (unpaired) electrons. The van der Waals surface area contributed by atoms with Crippen LogP contribution in [-0.2, 0) is 0 Å². The van der Waals surface area contributed by atoms with Crippen LogP contribution in [0.4, 0.5) is 0 Å². The van der Waals surface area contributed by atoms with Gasteiger partial charge < -0.3 is 4.57 Å². The monoisotopic (exact) mass is 668 g/mol. The van der Waals surface area contributed by atoms with Gasteiger partial charge in [0.1, 0.15) is 0 Å². The maximum atomic E-state index is 5.50. The first-order valence-electron chi connectivity index (χ1n) is 17.2. The van der Waals surface area contributed by atoms with Crippen molar-refractivity contribution in [2.75, 3.05) is 0 Å². The van der Waals surface area contributed by atoms with Gasteiger partial charge in [-0.3, -0.25) is 4.57 Å². The van der Waals surface area contributed by atoms with E-state index in [1.165, 1.54) is 37.3 Å². The standard InChI is InChI=1S/C46H28N4S/c1-3-14-29(15-4-1)30-16-13-17-31(26-30)43-45-44(35-22-9-12-25-42(35)51-45)48-46(47-43)50-39-24-11-8-21-34(39)37-27-36-33-20-7-10-23-38(33)49(40(36)28-41(37)50)32-18-5-2-6-19-32/h1-28H. The number of nitrogens with zero attached hydrogens (tertiary/aromatic N) is 4. The van der Waals surface area contributed by atoms with Crippen molar-refractivity contribution < 1.29 is 0 Å². The molecular weight excluding hydrogens is 641 g/mol. The zero-order valence-electron chi connectivity index (χ0n) is 27.4. The van der Waals surface area contributed by atoms with E-state index in [-0.39, 0.29) is 0 Å². The summed E-state index contributed by atoms with van der Waals surface area (Å²) >= 11 is 1.76. The number of hydrogen-bond acceptors (Lipinski definition) is 3. The number of aromatic nitrogens is 4. The van der Waals surface area contributed by atoms with Crippen LogP contribution in [0.25, 0.3) is 97.9 Å². The Labute approximate surface area is 297 Å². The highest BCUT2D eigenvalue weighted by atomic mass is 32.1. The van der Waals surface area contributed by atoms with Crippen LogP contribution in [0.3, 0.4) is 0 Å². The molecule has 7 aromatic carbocycles. The smallest absolute Gasteiger partial charge is 0.235 e. The first kappa shape index (κ1) is 28.3. The van der Waals surface area contributed by atoms with Gasteiger partial charge in [-0.2, -0.15) is 0 Å². The van der Waals surface area contributed by atoms with Crippen LogP contribution in [0.2, 0.25) is 0 Å². The normalized spacial score (nSPS) is 11.9. The molecule has 5 heteroatoms. The lowest BCUT2D eigenvalue weighted by Crippen LogP contribution is -2.03. The number of benzene rings is 7. The second-order valence-corrected chi connectivity index (χ2v) is 14.1. The largest absolute Gasteiger partial charge is 0.309 e. The van der Waals surface area contributed by atoms with Crippen molar-refractivity contribution in [2.45, 2.75) is 0 Å². The van der Waals surface area contributed by atoms with E-state index in [1.807, 2.05) is 0 Å².